The highest BCUT2D eigenvalue weighted by Crippen LogP contribution is 2.19. The third-order valence-corrected chi connectivity index (χ3v) is 3.88. The minimum absolute atomic E-state index is 0.388. The summed E-state index contributed by atoms with van der Waals surface area (Å²) in [7, 11) is 0. The standard InChI is InChI=1S/C12H24N2O/c15-10-11-3-6-14(7-4-11)9-12-2-1-5-13-8-12/h11-13,15H,1-10H2. The molecule has 0 radical (unpaired) electrons. The molecular formula is C12H24N2O. The highest BCUT2D eigenvalue weighted by molar-refractivity contribution is 4.77. The summed E-state index contributed by atoms with van der Waals surface area (Å²) in [5, 5.41) is 12.5. The van der Waals surface area contributed by atoms with Gasteiger partial charge in [0.05, 0.1) is 0 Å². The zero-order valence-electron chi connectivity index (χ0n) is 9.62. The van der Waals surface area contributed by atoms with Gasteiger partial charge in [0, 0.05) is 13.2 Å². The molecule has 88 valence electrons. The number of nitrogens with one attached hydrogen (secondary N) is 1. The van der Waals surface area contributed by atoms with Gasteiger partial charge in [-0.05, 0) is 63.7 Å². The summed E-state index contributed by atoms with van der Waals surface area (Å²) >= 11 is 0. The molecule has 0 amide bonds. The summed E-state index contributed by atoms with van der Waals surface area (Å²) in [6, 6.07) is 0. The van der Waals surface area contributed by atoms with Crippen LogP contribution in [0, 0.1) is 11.8 Å². The molecule has 2 saturated heterocycles. The first kappa shape index (κ1) is 11.4. The summed E-state index contributed by atoms with van der Waals surface area (Å²) in [5.41, 5.74) is 0. The molecule has 15 heavy (non-hydrogen) atoms. The van der Waals surface area contributed by atoms with E-state index in [-0.39, 0.29) is 0 Å². The lowest BCUT2D eigenvalue weighted by Gasteiger charge is -2.34. The Balaban J connectivity index is 1.67. The second kappa shape index (κ2) is 5.83. The molecule has 0 bridgehead atoms. The van der Waals surface area contributed by atoms with Gasteiger partial charge in [0.1, 0.15) is 0 Å². The molecule has 2 aliphatic heterocycles. The van der Waals surface area contributed by atoms with Crippen LogP contribution in [-0.2, 0) is 0 Å². The van der Waals surface area contributed by atoms with Gasteiger partial charge in [-0.25, -0.2) is 0 Å². The number of hydrogen-bond donors (Lipinski definition) is 2. The van der Waals surface area contributed by atoms with Crippen LogP contribution in [0.2, 0.25) is 0 Å². The van der Waals surface area contributed by atoms with Crippen LogP contribution in [0.1, 0.15) is 25.7 Å². The minimum atomic E-state index is 0.388. The van der Waals surface area contributed by atoms with Gasteiger partial charge >= 0.3 is 0 Å². The van der Waals surface area contributed by atoms with E-state index in [4.69, 9.17) is 5.11 Å². The number of nitrogens with zero attached hydrogens (tertiary/aromatic N) is 1. The van der Waals surface area contributed by atoms with Crippen LogP contribution in [0.3, 0.4) is 0 Å². The molecule has 2 fully saturated rings. The number of aliphatic hydroxyl groups excluding tert-OH is 1. The Morgan fingerprint density at radius 3 is 2.53 bits per heavy atom. The maximum absolute atomic E-state index is 9.07. The minimum Gasteiger partial charge on any atom is -0.396 e. The molecule has 0 aliphatic carbocycles. The number of hydrogen-bond acceptors (Lipinski definition) is 3. The molecule has 3 nitrogen and oxygen atoms in total. The van der Waals surface area contributed by atoms with Gasteiger partial charge < -0.3 is 15.3 Å². The van der Waals surface area contributed by atoms with E-state index in [9.17, 15) is 0 Å². The van der Waals surface area contributed by atoms with Crippen molar-refractivity contribution in [3.8, 4) is 0 Å². The van der Waals surface area contributed by atoms with Crippen molar-refractivity contribution >= 4 is 0 Å². The van der Waals surface area contributed by atoms with Crippen molar-refractivity contribution in [3.63, 3.8) is 0 Å². The Kier molecular flexibility index (Phi) is 4.42. The number of piperidine rings is 2. The first-order valence-electron chi connectivity index (χ1n) is 6.42. The highest BCUT2D eigenvalue weighted by Gasteiger charge is 2.21. The van der Waals surface area contributed by atoms with Crippen molar-refractivity contribution in [2.45, 2.75) is 25.7 Å². The zero-order chi connectivity index (χ0) is 10.5. The Hall–Kier alpha value is -0.120. The van der Waals surface area contributed by atoms with Crippen LogP contribution in [0.5, 0.6) is 0 Å². The molecular weight excluding hydrogens is 188 g/mol. The molecule has 2 N–H and O–H groups in total. The molecule has 2 aliphatic rings. The Morgan fingerprint density at radius 1 is 1.13 bits per heavy atom. The maximum atomic E-state index is 9.07. The van der Waals surface area contributed by atoms with Crippen LogP contribution in [-0.4, -0.2) is 49.3 Å². The van der Waals surface area contributed by atoms with Gasteiger partial charge in [-0.15, -0.1) is 0 Å². The van der Waals surface area contributed by atoms with E-state index in [1.54, 1.807) is 0 Å². The quantitative estimate of drug-likeness (QED) is 0.722. The maximum Gasteiger partial charge on any atom is 0.0460 e. The molecule has 1 unspecified atom stereocenters. The van der Waals surface area contributed by atoms with Crippen LogP contribution in [0.4, 0.5) is 0 Å². The summed E-state index contributed by atoms with van der Waals surface area (Å²) < 4.78 is 0. The second-order valence-electron chi connectivity index (χ2n) is 5.14. The molecule has 0 saturated carbocycles. The lowest BCUT2D eigenvalue weighted by Crippen LogP contribution is -2.42. The van der Waals surface area contributed by atoms with Crippen molar-refractivity contribution < 1.29 is 5.11 Å². The van der Waals surface area contributed by atoms with Gasteiger partial charge in [-0.3, -0.25) is 0 Å². The van der Waals surface area contributed by atoms with Crippen LogP contribution in [0.15, 0.2) is 0 Å². The fourth-order valence-corrected chi connectivity index (χ4v) is 2.80. The first-order valence-corrected chi connectivity index (χ1v) is 6.42. The third-order valence-electron chi connectivity index (χ3n) is 3.88. The van der Waals surface area contributed by atoms with Gasteiger partial charge in [0.15, 0.2) is 0 Å². The van der Waals surface area contributed by atoms with E-state index in [2.05, 4.69) is 10.2 Å². The summed E-state index contributed by atoms with van der Waals surface area (Å²) in [6.07, 6.45) is 5.12. The summed E-state index contributed by atoms with van der Waals surface area (Å²) in [5.74, 6) is 1.44. The summed E-state index contributed by atoms with van der Waals surface area (Å²) in [6.45, 7) is 6.47. The zero-order valence-corrected chi connectivity index (χ0v) is 9.62. The van der Waals surface area contributed by atoms with E-state index >= 15 is 0 Å². The van der Waals surface area contributed by atoms with E-state index in [0.29, 0.717) is 12.5 Å². The normalized spacial score (nSPS) is 30.6. The second-order valence-corrected chi connectivity index (χ2v) is 5.14. The van der Waals surface area contributed by atoms with Crippen LogP contribution < -0.4 is 5.32 Å². The Labute approximate surface area is 92.8 Å². The van der Waals surface area contributed by atoms with Crippen molar-refractivity contribution in [2.24, 2.45) is 11.8 Å². The largest absolute Gasteiger partial charge is 0.396 e. The van der Waals surface area contributed by atoms with Crippen molar-refractivity contribution in [1.82, 2.24) is 10.2 Å². The van der Waals surface area contributed by atoms with Gasteiger partial charge in [-0.1, -0.05) is 0 Å². The van der Waals surface area contributed by atoms with E-state index in [1.165, 1.54) is 58.4 Å². The van der Waals surface area contributed by atoms with Crippen molar-refractivity contribution in [1.29, 1.82) is 0 Å². The van der Waals surface area contributed by atoms with Crippen molar-refractivity contribution in [2.75, 3.05) is 39.3 Å². The molecule has 1 atom stereocenters. The molecule has 2 rings (SSSR count). The SMILES string of the molecule is OCC1CCN(CC2CCCNC2)CC1. The van der Waals surface area contributed by atoms with Gasteiger partial charge in [-0.2, -0.15) is 0 Å². The van der Waals surface area contributed by atoms with Gasteiger partial charge in [0.25, 0.3) is 0 Å². The number of likely N-dealkylation sites (tertiary alicyclic amines) is 1. The molecule has 0 spiro atoms. The van der Waals surface area contributed by atoms with E-state index in [0.717, 1.165) is 5.92 Å². The molecule has 0 aromatic heterocycles. The number of rotatable bonds is 3. The summed E-state index contributed by atoms with van der Waals surface area (Å²) in [4.78, 5) is 2.59. The fourth-order valence-electron chi connectivity index (χ4n) is 2.80. The van der Waals surface area contributed by atoms with E-state index < -0.39 is 0 Å². The fraction of sp³-hybridized carbons (Fsp3) is 1.00. The lowest BCUT2D eigenvalue weighted by molar-refractivity contribution is 0.114. The van der Waals surface area contributed by atoms with Crippen molar-refractivity contribution in [3.05, 3.63) is 0 Å². The average Bonchev–Trinajstić information content (AvgIpc) is 2.31. The van der Waals surface area contributed by atoms with Gasteiger partial charge in [0.2, 0.25) is 0 Å². The monoisotopic (exact) mass is 212 g/mol. The predicted octanol–water partition coefficient (Wildman–Crippen LogP) is 0.690. The molecule has 2 heterocycles. The predicted molar refractivity (Wildman–Crippen MR) is 61.8 cm³/mol. The first-order chi connectivity index (χ1) is 7.38. The molecule has 0 aromatic carbocycles. The van der Waals surface area contributed by atoms with Crippen LogP contribution in [0.25, 0.3) is 0 Å². The number of aliphatic hydroxyl groups is 1. The Bertz CT molecular complexity index is 172. The molecule has 3 heteroatoms. The lowest BCUT2D eigenvalue weighted by atomic mass is 9.94. The molecule has 0 aromatic rings. The highest BCUT2D eigenvalue weighted by atomic mass is 16.3. The smallest absolute Gasteiger partial charge is 0.0460 e. The topological polar surface area (TPSA) is 35.5 Å². The van der Waals surface area contributed by atoms with Crippen LogP contribution >= 0.6 is 0 Å². The third kappa shape index (κ3) is 3.44. The van der Waals surface area contributed by atoms with E-state index in [1.807, 2.05) is 0 Å². The Morgan fingerprint density at radius 2 is 1.93 bits per heavy atom. The average molecular weight is 212 g/mol.